The van der Waals surface area contributed by atoms with Crippen molar-refractivity contribution >= 4 is 16.8 Å². The number of aliphatic hydroxyl groups is 1. The van der Waals surface area contributed by atoms with Gasteiger partial charge in [-0.1, -0.05) is 6.42 Å². The number of hydrogen-bond acceptors (Lipinski definition) is 3. The molecule has 2 fully saturated rings. The van der Waals surface area contributed by atoms with Crippen molar-refractivity contribution in [2.45, 2.75) is 45.3 Å². The fraction of sp³-hybridized carbons (Fsp3) is 0.550. The summed E-state index contributed by atoms with van der Waals surface area (Å²) < 4.78 is 5.64. The minimum Gasteiger partial charge on any atom is -0.393 e. The van der Waals surface area contributed by atoms with E-state index in [1.54, 1.807) is 0 Å². The van der Waals surface area contributed by atoms with Crippen LogP contribution >= 0.6 is 0 Å². The number of H-pyrrole nitrogens is 1. The van der Waals surface area contributed by atoms with Crippen LogP contribution in [0.2, 0.25) is 0 Å². The van der Waals surface area contributed by atoms with Crippen molar-refractivity contribution in [2.75, 3.05) is 19.8 Å². The summed E-state index contributed by atoms with van der Waals surface area (Å²) in [6.07, 6.45) is 2.50. The molecular formula is C20H26N2O3. The number of amides is 1. The van der Waals surface area contributed by atoms with E-state index in [0.717, 1.165) is 35.9 Å². The monoisotopic (exact) mass is 342 g/mol. The van der Waals surface area contributed by atoms with Gasteiger partial charge in [0.2, 0.25) is 0 Å². The predicted octanol–water partition coefficient (Wildman–Crippen LogP) is 2.79. The molecular weight excluding hydrogens is 316 g/mol. The Kier molecular flexibility index (Phi) is 4.29. The van der Waals surface area contributed by atoms with Gasteiger partial charge in [-0.2, -0.15) is 0 Å². The van der Waals surface area contributed by atoms with Gasteiger partial charge in [-0.25, -0.2) is 0 Å². The molecule has 1 aliphatic heterocycles. The maximum absolute atomic E-state index is 13.2. The summed E-state index contributed by atoms with van der Waals surface area (Å²) in [5.41, 5.74) is 4.11. The van der Waals surface area contributed by atoms with Crippen LogP contribution in [0.5, 0.6) is 0 Å². The lowest BCUT2D eigenvalue weighted by Crippen LogP contribution is -2.53. The zero-order valence-electron chi connectivity index (χ0n) is 14.9. The SMILES string of the molecule is Cc1[nH]c2ccc(C(=O)N3CCOC[C@@H]3[C@H]3CCC[C@@H]3O)cc2c1C. The van der Waals surface area contributed by atoms with Crippen LogP contribution in [0.1, 0.15) is 40.9 Å². The van der Waals surface area contributed by atoms with Crippen LogP contribution in [0, 0.1) is 19.8 Å². The van der Waals surface area contributed by atoms with Crippen molar-refractivity contribution in [1.29, 1.82) is 0 Å². The minimum absolute atomic E-state index is 0.0245. The lowest BCUT2D eigenvalue weighted by Gasteiger charge is -2.40. The van der Waals surface area contributed by atoms with Gasteiger partial charge < -0.3 is 19.7 Å². The second kappa shape index (κ2) is 6.46. The van der Waals surface area contributed by atoms with Crippen molar-refractivity contribution in [3.63, 3.8) is 0 Å². The van der Waals surface area contributed by atoms with E-state index in [0.29, 0.717) is 25.3 Å². The quantitative estimate of drug-likeness (QED) is 0.882. The number of benzene rings is 1. The van der Waals surface area contributed by atoms with Gasteiger partial charge in [0, 0.05) is 34.6 Å². The number of nitrogens with one attached hydrogen (secondary N) is 1. The molecule has 5 nitrogen and oxygen atoms in total. The average molecular weight is 342 g/mol. The first-order chi connectivity index (χ1) is 12.1. The zero-order chi connectivity index (χ0) is 17.6. The summed E-state index contributed by atoms with van der Waals surface area (Å²) in [5.74, 6) is 0.178. The Labute approximate surface area is 148 Å². The van der Waals surface area contributed by atoms with Crippen LogP contribution in [0.15, 0.2) is 18.2 Å². The van der Waals surface area contributed by atoms with Crippen LogP contribution in [0.25, 0.3) is 10.9 Å². The van der Waals surface area contributed by atoms with Gasteiger partial charge in [-0.15, -0.1) is 0 Å². The molecule has 4 rings (SSSR count). The van der Waals surface area contributed by atoms with Crippen molar-refractivity contribution < 1.29 is 14.6 Å². The summed E-state index contributed by atoms with van der Waals surface area (Å²) in [7, 11) is 0. The predicted molar refractivity (Wildman–Crippen MR) is 96.8 cm³/mol. The Bertz CT molecular complexity index is 798. The summed E-state index contributed by atoms with van der Waals surface area (Å²) >= 11 is 0. The molecule has 1 saturated heterocycles. The van der Waals surface area contributed by atoms with Gasteiger partial charge in [-0.3, -0.25) is 4.79 Å². The fourth-order valence-corrected chi connectivity index (χ4v) is 4.41. The fourth-order valence-electron chi connectivity index (χ4n) is 4.41. The van der Waals surface area contributed by atoms with Gasteiger partial charge in [0.1, 0.15) is 0 Å². The largest absolute Gasteiger partial charge is 0.393 e. The number of aliphatic hydroxyl groups excluding tert-OH is 1. The standard InChI is InChI=1S/C20H26N2O3/c1-12-13(2)21-17-7-6-14(10-16(12)17)20(24)22-8-9-25-11-18(22)15-4-3-5-19(15)23/h6-7,10,15,18-19,21,23H,3-5,8-9,11H2,1-2H3/t15-,18-,19+/m1/s1. The number of fused-ring (bicyclic) bond motifs is 1. The Morgan fingerprint density at radius 2 is 2.16 bits per heavy atom. The van der Waals surface area contributed by atoms with E-state index in [-0.39, 0.29) is 24.0 Å². The zero-order valence-corrected chi connectivity index (χ0v) is 14.9. The van der Waals surface area contributed by atoms with Gasteiger partial charge in [0.25, 0.3) is 5.91 Å². The second-order valence-electron chi connectivity index (χ2n) is 7.44. The van der Waals surface area contributed by atoms with Gasteiger partial charge in [0.15, 0.2) is 0 Å². The number of nitrogens with zero attached hydrogens (tertiary/aromatic N) is 1. The highest BCUT2D eigenvalue weighted by atomic mass is 16.5. The number of carbonyl (C=O) groups is 1. The molecule has 3 atom stereocenters. The van der Waals surface area contributed by atoms with E-state index in [4.69, 9.17) is 4.74 Å². The van der Waals surface area contributed by atoms with Crippen molar-refractivity contribution in [1.82, 2.24) is 9.88 Å². The molecule has 134 valence electrons. The molecule has 2 N–H and O–H groups in total. The first kappa shape index (κ1) is 16.6. The topological polar surface area (TPSA) is 65.6 Å². The van der Waals surface area contributed by atoms with Crippen molar-refractivity contribution in [2.24, 2.45) is 5.92 Å². The molecule has 1 saturated carbocycles. The molecule has 2 aromatic rings. The lowest BCUT2D eigenvalue weighted by molar-refractivity contribution is -0.0383. The number of aromatic amines is 1. The van der Waals surface area contributed by atoms with E-state index in [9.17, 15) is 9.90 Å². The molecule has 1 amide bonds. The summed E-state index contributed by atoms with van der Waals surface area (Å²) in [6.45, 7) is 5.81. The lowest BCUT2D eigenvalue weighted by atomic mass is 9.93. The molecule has 0 bridgehead atoms. The number of ether oxygens (including phenoxy) is 1. The van der Waals surface area contributed by atoms with E-state index in [1.165, 1.54) is 5.56 Å². The number of rotatable bonds is 2. The molecule has 1 aliphatic carbocycles. The molecule has 1 aromatic carbocycles. The maximum Gasteiger partial charge on any atom is 0.254 e. The maximum atomic E-state index is 13.2. The highest BCUT2D eigenvalue weighted by Crippen LogP contribution is 2.33. The molecule has 0 spiro atoms. The van der Waals surface area contributed by atoms with E-state index in [2.05, 4.69) is 18.8 Å². The Balaban J connectivity index is 1.65. The number of aromatic nitrogens is 1. The number of morpholine rings is 1. The first-order valence-electron chi connectivity index (χ1n) is 9.22. The third kappa shape index (κ3) is 2.85. The van der Waals surface area contributed by atoms with Crippen LogP contribution in [0.4, 0.5) is 0 Å². The smallest absolute Gasteiger partial charge is 0.254 e. The van der Waals surface area contributed by atoms with Crippen LogP contribution in [0.3, 0.4) is 0 Å². The highest BCUT2D eigenvalue weighted by Gasteiger charge is 2.39. The second-order valence-corrected chi connectivity index (χ2v) is 7.44. The molecule has 2 heterocycles. The third-order valence-corrected chi connectivity index (χ3v) is 6.01. The number of hydrogen-bond donors (Lipinski definition) is 2. The number of aryl methyl sites for hydroxylation is 2. The molecule has 25 heavy (non-hydrogen) atoms. The Morgan fingerprint density at radius 1 is 1.32 bits per heavy atom. The summed E-state index contributed by atoms with van der Waals surface area (Å²) in [4.78, 5) is 18.5. The van der Waals surface area contributed by atoms with E-state index in [1.807, 2.05) is 23.1 Å². The summed E-state index contributed by atoms with van der Waals surface area (Å²) in [6, 6.07) is 5.86. The normalized spacial score (nSPS) is 27.2. The molecule has 0 unspecified atom stereocenters. The average Bonchev–Trinajstić information content (AvgIpc) is 3.17. The molecule has 0 radical (unpaired) electrons. The van der Waals surface area contributed by atoms with Crippen LogP contribution < -0.4 is 0 Å². The number of carbonyl (C=O) groups excluding carboxylic acids is 1. The molecule has 2 aliphatic rings. The third-order valence-electron chi connectivity index (χ3n) is 6.01. The Hall–Kier alpha value is -1.85. The molecule has 1 aromatic heterocycles. The first-order valence-corrected chi connectivity index (χ1v) is 9.22. The molecule has 5 heteroatoms. The van der Waals surface area contributed by atoms with E-state index >= 15 is 0 Å². The summed E-state index contributed by atoms with van der Waals surface area (Å²) in [5, 5.41) is 11.4. The van der Waals surface area contributed by atoms with Crippen molar-refractivity contribution in [3.8, 4) is 0 Å². The van der Waals surface area contributed by atoms with Crippen LogP contribution in [-0.4, -0.2) is 52.8 Å². The van der Waals surface area contributed by atoms with Gasteiger partial charge in [0.05, 0.1) is 25.4 Å². The van der Waals surface area contributed by atoms with Crippen LogP contribution in [-0.2, 0) is 4.74 Å². The Morgan fingerprint density at radius 3 is 2.92 bits per heavy atom. The van der Waals surface area contributed by atoms with Crippen molar-refractivity contribution in [3.05, 3.63) is 35.0 Å². The highest BCUT2D eigenvalue weighted by molar-refractivity contribution is 5.99. The van der Waals surface area contributed by atoms with E-state index < -0.39 is 0 Å². The van der Waals surface area contributed by atoms with Gasteiger partial charge >= 0.3 is 0 Å². The van der Waals surface area contributed by atoms with Gasteiger partial charge in [-0.05, 0) is 50.5 Å². The minimum atomic E-state index is -0.320.